The van der Waals surface area contributed by atoms with Crippen LogP contribution in [0.2, 0.25) is 5.02 Å². The second-order valence-corrected chi connectivity index (χ2v) is 7.94. The van der Waals surface area contributed by atoms with E-state index in [4.69, 9.17) is 16.7 Å². The van der Waals surface area contributed by atoms with Gasteiger partial charge in [-0.2, -0.15) is 5.10 Å². The van der Waals surface area contributed by atoms with Crippen LogP contribution in [0.4, 0.5) is 0 Å². The number of hydrogen-bond acceptors (Lipinski definition) is 5. The van der Waals surface area contributed by atoms with Crippen molar-refractivity contribution in [1.82, 2.24) is 19.8 Å². The zero-order valence-electron chi connectivity index (χ0n) is 16.3. The molecule has 150 valence electrons. The zero-order chi connectivity index (χ0) is 20.8. The van der Waals surface area contributed by atoms with Gasteiger partial charge in [0.2, 0.25) is 0 Å². The minimum atomic E-state index is -0.133. The maximum absolute atomic E-state index is 12.9. The predicted molar refractivity (Wildman–Crippen MR) is 114 cm³/mol. The van der Waals surface area contributed by atoms with Gasteiger partial charge >= 0.3 is 0 Å². The van der Waals surface area contributed by atoms with Crippen LogP contribution in [0.25, 0.3) is 16.8 Å². The largest absolute Gasteiger partial charge is 0.508 e. The number of nitrogens with zero attached hydrogens (tertiary/aromatic N) is 4. The van der Waals surface area contributed by atoms with Crippen LogP contribution in [-0.2, 0) is 12.8 Å². The second-order valence-electron chi connectivity index (χ2n) is 7.50. The third-order valence-corrected chi connectivity index (χ3v) is 5.94. The normalized spacial score (nSPS) is 16.1. The maximum atomic E-state index is 12.9. The summed E-state index contributed by atoms with van der Waals surface area (Å²) in [7, 11) is 0. The molecule has 2 heterocycles. The monoisotopic (exact) mass is 418 g/mol. The first kappa shape index (κ1) is 18.8. The average molecular weight is 419 g/mol. The standard InChI is InChI=1S/C23H19ClN4O2/c1-2-17-21(13-7-9-15(24)10-8-13)23-26-25-22-18(28(23)27-17)11-14(12-20(22)30)16-5-3-4-6-19(16)29/h3-10,14,29H,2,11-12H2,1H3/t14-/m0/s1. The molecule has 0 aliphatic heterocycles. The average Bonchev–Trinajstić information content (AvgIpc) is 3.14. The molecule has 5 rings (SSSR count). The van der Waals surface area contributed by atoms with Gasteiger partial charge in [-0.15, -0.1) is 10.2 Å². The van der Waals surface area contributed by atoms with E-state index in [0.29, 0.717) is 29.2 Å². The Kier molecular flexibility index (Phi) is 4.51. The molecule has 0 bridgehead atoms. The Labute approximate surface area is 178 Å². The molecule has 30 heavy (non-hydrogen) atoms. The molecule has 6 nitrogen and oxygen atoms in total. The van der Waals surface area contributed by atoms with Crippen LogP contribution < -0.4 is 0 Å². The Morgan fingerprint density at radius 2 is 1.87 bits per heavy atom. The van der Waals surface area contributed by atoms with Gasteiger partial charge in [-0.3, -0.25) is 4.79 Å². The highest BCUT2D eigenvalue weighted by atomic mass is 35.5. The Morgan fingerprint density at radius 1 is 1.10 bits per heavy atom. The van der Waals surface area contributed by atoms with Crippen molar-refractivity contribution in [2.45, 2.75) is 32.1 Å². The molecule has 0 unspecified atom stereocenters. The molecule has 0 radical (unpaired) electrons. The number of carbonyl (C=O) groups excluding carboxylic acids is 1. The fourth-order valence-corrected chi connectivity index (χ4v) is 4.35. The molecular weight excluding hydrogens is 400 g/mol. The number of para-hydroxylation sites is 1. The van der Waals surface area contributed by atoms with Crippen LogP contribution in [0.1, 0.15) is 46.7 Å². The molecule has 1 N–H and O–H groups in total. The van der Waals surface area contributed by atoms with E-state index in [1.54, 1.807) is 16.6 Å². The van der Waals surface area contributed by atoms with Crippen LogP contribution >= 0.6 is 11.6 Å². The third-order valence-electron chi connectivity index (χ3n) is 5.69. The molecule has 7 heteroatoms. The Hall–Kier alpha value is -3.25. The van der Waals surface area contributed by atoms with Crippen molar-refractivity contribution in [3.63, 3.8) is 0 Å². The highest BCUT2D eigenvalue weighted by Crippen LogP contribution is 2.37. The summed E-state index contributed by atoms with van der Waals surface area (Å²) in [5.41, 5.74) is 5.24. The van der Waals surface area contributed by atoms with Gasteiger partial charge in [0.15, 0.2) is 17.1 Å². The topological polar surface area (TPSA) is 80.4 Å². The number of Topliss-reactive ketones (excluding diaryl/α,β-unsaturated/α-hetero) is 1. The van der Waals surface area contributed by atoms with Crippen molar-refractivity contribution in [2.24, 2.45) is 0 Å². The zero-order valence-corrected chi connectivity index (χ0v) is 17.1. The van der Waals surface area contributed by atoms with Crippen LogP contribution in [-0.4, -0.2) is 30.7 Å². The lowest BCUT2D eigenvalue weighted by Crippen LogP contribution is -2.24. The van der Waals surface area contributed by atoms with E-state index in [1.165, 1.54) is 0 Å². The first-order valence-corrected chi connectivity index (χ1v) is 10.3. The minimum absolute atomic E-state index is 0.0829. The lowest BCUT2D eigenvalue weighted by molar-refractivity contribution is 0.0955. The van der Waals surface area contributed by atoms with Crippen molar-refractivity contribution in [3.05, 3.63) is 76.2 Å². The molecular formula is C23H19ClN4O2. The number of aromatic hydroxyl groups is 1. The summed E-state index contributed by atoms with van der Waals surface area (Å²) in [6.45, 7) is 2.04. The number of phenolic OH excluding ortho intramolecular Hbond substituents is 1. The predicted octanol–water partition coefficient (Wildman–Crippen LogP) is 4.63. The fourth-order valence-electron chi connectivity index (χ4n) is 4.23. The molecule has 0 fully saturated rings. The number of fused-ring (bicyclic) bond motifs is 3. The Balaban J connectivity index is 1.69. The van der Waals surface area contributed by atoms with Crippen LogP contribution in [0.5, 0.6) is 5.75 Å². The van der Waals surface area contributed by atoms with Crippen molar-refractivity contribution >= 4 is 23.0 Å². The number of benzene rings is 2. The second kappa shape index (κ2) is 7.22. The van der Waals surface area contributed by atoms with E-state index in [0.717, 1.165) is 28.1 Å². The number of halogens is 1. The summed E-state index contributed by atoms with van der Waals surface area (Å²) in [6, 6.07) is 14.7. The van der Waals surface area contributed by atoms with Gasteiger partial charge < -0.3 is 5.11 Å². The number of ketones is 1. The van der Waals surface area contributed by atoms with Crippen LogP contribution in [0.3, 0.4) is 0 Å². The van der Waals surface area contributed by atoms with Crippen molar-refractivity contribution in [2.75, 3.05) is 0 Å². The summed E-state index contributed by atoms with van der Waals surface area (Å²) in [5.74, 6) is -0.0130. The smallest absolute Gasteiger partial charge is 0.185 e. The minimum Gasteiger partial charge on any atom is -0.508 e. The number of aryl methyl sites for hydroxylation is 1. The van der Waals surface area contributed by atoms with Crippen LogP contribution in [0, 0.1) is 0 Å². The summed E-state index contributed by atoms with van der Waals surface area (Å²) >= 11 is 6.06. The summed E-state index contributed by atoms with van der Waals surface area (Å²) in [5, 5.41) is 24.4. The van der Waals surface area contributed by atoms with E-state index >= 15 is 0 Å². The summed E-state index contributed by atoms with van der Waals surface area (Å²) in [6.07, 6.45) is 1.55. The van der Waals surface area contributed by atoms with E-state index < -0.39 is 0 Å². The summed E-state index contributed by atoms with van der Waals surface area (Å²) in [4.78, 5) is 12.9. The van der Waals surface area contributed by atoms with Gasteiger partial charge in [-0.1, -0.05) is 48.9 Å². The molecule has 1 aliphatic carbocycles. The van der Waals surface area contributed by atoms with E-state index in [2.05, 4.69) is 10.2 Å². The van der Waals surface area contributed by atoms with Gasteiger partial charge in [0.1, 0.15) is 5.75 Å². The quantitative estimate of drug-likeness (QED) is 0.524. The highest BCUT2D eigenvalue weighted by molar-refractivity contribution is 6.30. The van der Waals surface area contributed by atoms with Gasteiger partial charge in [0.05, 0.1) is 17.0 Å². The number of phenols is 1. The fraction of sp³-hybridized carbons (Fsp3) is 0.217. The molecule has 0 spiro atoms. The summed E-state index contributed by atoms with van der Waals surface area (Å²) < 4.78 is 1.76. The molecule has 2 aromatic heterocycles. The van der Waals surface area contributed by atoms with Gasteiger partial charge in [0.25, 0.3) is 0 Å². The molecule has 0 amide bonds. The van der Waals surface area contributed by atoms with E-state index in [-0.39, 0.29) is 23.9 Å². The number of carbonyl (C=O) groups is 1. The molecule has 2 aromatic carbocycles. The number of hydrogen-bond donors (Lipinski definition) is 1. The maximum Gasteiger partial charge on any atom is 0.185 e. The van der Waals surface area contributed by atoms with Crippen molar-refractivity contribution < 1.29 is 9.90 Å². The van der Waals surface area contributed by atoms with E-state index in [1.807, 2.05) is 43.3 Å². The molecule has 1 aliphatic rings. The lowest BCUT2D eigenvalue weighted by Gasteiger charge is -2.23. The van der Waals surface area contributed by atoms with Gasteiger partial charge in [-0.05, 0) is 42.2 Å². The van der Waals surface area contributed by atoms with Crippen molar-refractivity contribution in [1.29, 1.82) is 0 Å². The third kappa shape index (κ3) is 2.95. The first-order valence-electron chi connectivity index (χ1n) is 9.91. The number of aromatic nitrogens is 4. The van der Waals surface area contributed by atoms with Crippen molar-refractivity contribution in [3.8, 4) is 16.9 Å². The van der Waals surface area contributed by atoms with Gasteiger partial charge in [0, 0.05) is 17.4 Å². The molecule has 0 saturated heterocycles. The lowest BCUT2D eigenvalue weighted by atomic mass is 9.83. The van der Waals surface area contributed by atoms with Crippen LogP contribution in [0.15, 0.2) is 48.5 Å². The number of rotatable bonds is 3. The first-order chi connectivity index (χ1) is 14.6. The Morgan fingerprint density at radius 3 is 2.60 bits per heavy atom. The molecule has 4 aromatic rings. The highest BCUT2D eigenvalue weighted by Gasteiger charge is 2.32. The Bertz CT molecular complexity index is 1280. The van der Waals surface area contributed by atoms with Gasteiger partial charge in [-0.25, -0.2) is 4.52 Å². The molecule has 0 saturated carbocycles. The van der Waals surface area contributed by atoms with E-state index in [9.17, 15) is 9.90 Å². The molecule has 1 atom stereocenters. The SMILES string of the molecule is CCc1nn2c3c(nnc2c1-c1ccc(Cl)cc1)C(=O)C[C@@H](c1ccccc1O)C3.